The number of carbonyl (C=O) groups is 2. The molecule has 7 nitrogen and oxygen atoms in total. The van der Waals surface area contributed by atoms with Crippen LogP contribution in [0.2, 0.25) is 0 Å². The molecule has 1 saturated heterocycles. The summed E-state index contributed by atoms with van der Waals surface area (Å²) in [6.07, 6.45) is 6.61. The van der Waals surface area contributed by atoms with E-state index in [9.17, 15) is 9.59 Å². The third-order valence-electron chi connectivity index (χ3n) is 5.50. The molecule has 2 unspecified atom stereocenters. The second kappa shape index (κ2) is 7.66. The van der Waals surface area contributed by atoms with Crippen LogP contribution in [0.3, 0.4) is 0 Å². The molecule has 3 aliphatic rings. The van der Waals surface area contributed by atoms with E-state index in [1.165, 1.54) is 17.7 Å². The Morgan fingerprint density at radius 2 is 1.82 bits per heavy atom. The Morgan fingerprint density at radius 3 is 2.57 bits per heavy atom. The normalized spacial score (nSPS) is 23.4. The molecular weight excluding hydrogens is 356 g/mol. The first-order valence-corrected chi connectivity index (χ1v) is 10.0. The number of nitrogens with zero attached hydrogens (tertiary/aromatic N) is 4. The van der Waals surface area contributed by atoms with Gasteiger partial charge in [0.15, 0.2) is 18.0 Å². The average molecular weight is 382 g/mol. The Bertz CT molecular complexity index is 820. The number of rotatable bonds is 7. The van der Waals surface area contributed by atoms with Crippen molar-refractivity contribution in [3.63, 3.8) is 0 Å². The summed E-state index contributed by atoms with van der Waals surface area (Å²) in [6.45, 7) is 2.62. The standard InChI is InChI=1S/C21H26N4O3/c1-3-4-5-6-10-13-24-19(26)17-18(23(2)21(24)27)22-20-25(17)14-16(28-20)15-11-8-7-9-12-15/h7-9,11-12,14,17-18H,3-6,10,13H2,1-2H3. The monoisotopic (exact) mass is 382 g/mol. The molecule has 0 saturated carbocycles. The fraction of sp³-hybridized carbons (Fsp3) is 0.476. The Kier molecular flexibility index (Phi) is 5.07. The van der Waals surface area contributed by atoms with Crippen molar-refractivity contribution in [3.05, 3.63) is 42.1 Å². The summed E-state index contributed by atoms with van der Waals surface area (Å²) in [5.41, 5.74) is 0.927. The zero-order valence-corrected chi connectivity index (χ0v) is 16.4. The zero-order valence-electron chi connectivity index (χ0n) is 16.4. The van der Waals surface area contributed by atoms with Gasteiger partial charge in [-0.25, -0.2) is 9.79 Å². The van der Waals surface area contributed by atoms with Crippen molar-refractivity contribution in [2.45, 2.75) is 51.2 Å². The van der Waals surface area contributed by atoms with Crippen LogP contribution in [0.1, 0.15) is 44.6 Å². The maximum Gasteiger partial charge on any atom is 0.328 e. The third kappa shape index (κ3) is 3.15. The van der Waals surface area contributed by atoms with Gasteiger partial charge in [-0.2, -0.15) is 0 Å². The number of aliphatic imine (C=N–C) groups is 1. The van der Waals surface area contributed by atoms with Crippen LogP contribution in [0.15, 0.2) is 41.5 Å². The number of carbonyl (C=O) groups excluding carboxylic acids is 2. The van der Waals surface area contributed by atoms with Crippen LogP contribution < -0.4 is 0 Å². The largest absolute Gasteiger partial charge is 0.423 e. The van der Waals surface area contributed by atoms with Crippen molar-refractivity contribution >= 4 is 23.7 Å². The van der Waals surface area contributed by atoms with Crippen LogP contribution in [0.25, 0.3) is 5.76 Å². The predicted molar refractivity (Wildman–Crippen MR) is 106 cm³/mol. The molecule has 0 aromatic heterocycles. The highest BCUT2D eigenvalue weighted by atomic mass is 16.5. The smallest absolute Gasteiger partial charge is 0.328 e. The Labute approximate surface area is 165 Å². The lowest BCUT2D eigenvalue weighted by Gasteiger charge is -2.39. The minimum atomic E-state index is -0.561. The molecule has 148 valence electrons. The SMILES string of the molecule is CCCCCCCN1C(=O)C2C(N=C3OC(c4ccccc4)=CN32)N(C)C1=O. The summed E-state index contributed by atoms with van der Waals surface area (Å²) in [7, 11) is 1.70. The molecule has 0 N–H and O–H groups in total. The highest BCUT2D eigenvalue weighted by Gasteiger charge is 2.53. The van der Waals surface area contributed by atoms with Gasteiger partial charge >= 0.3 is 6.03 Å². The average Bonchev–Trinajstić information content (AvgIpc) is 3.27. The van der Waals surface area contributed by atoms with Gasteiger partial charge in [-0.3, -0.25) is 14.6 Å². The highest BCUT2D eigenvalue weighted by Crippen LogP contribution is 2.35. The number of ether oxygens (including phenoxy) is 1. The summed E-state index contributed by atoms with van der Waals surface area (Å²) in [4.78, 5) is 35.0. The van der Waals surface area contributed by atoms with Gasteiger partial charge in [-0.05, 0) is 6.42 Å². The van der Waals surface area contributed by atoms with Crippen molar-refractivity contribution in [3.8, 4) is 0 Å². The maximum absolute atomic E-state index is 13.1. The summed E-state index contributed by atoms with van der Waals surface area (Å²) < 4.78 is 5.88. The summed E-state index contributed by atoms with van der Waals surface area (Å²) >= 11 is 0. The van der Waals surface area contributed by atoms with Gasteiger partial charge in [0.2, 0.25) is 0 Å². The topological polar surface area (TPSA) is 65.5 Å². The van der Waals surface area contributed by atoms with E-state index in [1.807, 2.05) is 36.5 Å². The van der Waals surface area contributed by atoms with Gasteiger partial charge in [-0.1, -0.05) is 62.9 Å². The number of likely N-dealkylation sites (N-methyl/N-ethyl adjacent to an activating group) is 1. The second-order valence-corrected chi connectivity index (χ2v) is 7.44. The molecule has 1 aromatic rings. The van der Waals surface area contributed by atoms with Gasteiger partial charge < -0.3 is 9.64 Å². The number of fused-ring (bicyclic) bond motifs is 3. The predicted octanol–water partition coefficient (Wildman–Crippen LogP) is 3.25. The number of imide groups is 1. The third-order valence-corrected chi connectivity index (χ3v) is 5.50. The van der Waals surface area contributed by atoms with Crippen molar-refractivity contribution in [2.75, 3.05) is 13.6 Å². The molecule has 3 amide bonds. The summed E-state index contributed by atoms with van der Waals surface area (Å²) in [5, 5.41) is 0. The minimum Gasteiger partial charge on any atom is -0.423 e. The summed E-state index contributed by atoms with van der Waals surface area (Å²) in [6, 6.07) is 9.26. The first-order valence-electron chi connectivity index (χ1n) is 10.0. The number of hydrogen-bond donors (Lipinski definition) is 0. The van der Waals surface area contributed by atoms with E-state index in [4.69, 9.17) is 4.74 Å². The fourth-order valence-electron chi connectivity index (χ4n) is 3.90. The lowest BCUT2D eigenvalue weighted by atomic mass is 10.1. The van der Waals surface area contributed by atoms with Crippen molar-refractivity contribution < 1.29 is 14.3 Å². The van der Waals surface area contributed by atoms with Gasteiger partial charge in [0.25, 0.3) is 11.9 Å². The highest BCUT2D eigenvalue weighted by molar-refractivity contribution is 6.04. The van der Waals surface area contributed by atoms with Crippen LogP contribution in [0.4, 0.5) is 4.79 Å². The first-order chi connectivity index (χ1) is 13.6. The second-order valence-electron chi connectivity index (χ2n) is 7.44. The first kappa shape index (κ1) is 18.5. The molecule has 0 spiro atoms. The molecule has 3 aliphatic heterocycles. The van der Waals surface area contributed by atoms with E-state index in [1.54, 1.807) is 16.8 Å². The van der Waals surface area contributed by atoms with Crippen LogP contribution in [0.5, 0.6) is 0 Å². The van der Waals surface area contributed by atoms with E-state index in [0.29, 0.717) is 18.3 Å². The molecule has 2 atom stereocenters. The Hall–Kier alpha value is -2.83. The lowest BCUT2D eigenvalue weighted by Crippen LogP contribution is -2.64. The van der Waals surface area contributed by atoms with E-state index in [2.05, 4.69) is 11.9 Å². The molecule has 7 heteroatoms. The lowest BCUT2D eigenvalue weighted by molar-refractivity contribution is -0.136. The van der Waals surface area contributed by atoms with E-state index >= 15 is 0 Å². The molecule has 1 fully saturated rings. The van der Waals surface area contributed by atoms with Crippen LogP contribution in [-0.4, -0.2) is 58.5 Å². The molecule has 0 bridgehead atoms. The van der Waals surface area contributed by atoms with Crippen molar-refractivity contribution in [1.82, 2.24) is 14.7 Å². The molecule has 1 aromatic carbocycles. The van der Waals surface area contributed by atoms with Crippen LogP contribution >= 0.6 is 0 Å². The minimum absolute atomic E-state index is 0.198. The number of amides is 3. The van der Waals surface area contributed by atoms with Gasteiger partial charge in [-0.15, -0.1) is 0 Å². The van der Waals surface area contributed by atoms with E-state index in [-0.39, 0.29) is 11.9 Å². The summed E-state index contributed by atoms with van der Waals surface area (Å²) in [5.74, 6) is 0.466. The Balaban J connectivity index is 1.50. The Morgan fingerprint density at radius 1 is 1.07 bits per heavy atom. The number of amidine groups is 1. The molecule has 0 aliphatic carbocycles. The van der Waals surface area contributed by atoms with Crippen molar-refractivity contribution in [1.29, 1.82) is 0 Å². The van der Waals surface area contributed by atoms with Crippen LogP contribution in [-0.2, 0) is 9.53 Å². The molecule has 3 heterocycles. The van der Waals surface area contributed by atoms with Gasteiger partial charge in [0.05, 0.1) is 6.20 Å². The van der Waals surface area contributed by atoms with Crippen LogP contribution in [0, 0.1) is 0 Å². The number of urea groups is 1. The van der Waals surface area contributed by atoms with Gasteiger partial charge in [0, 0.05) is 19.2 Å². The van der Waals surface area contributed by atoms with Crippen molar-refractivity contribution in [2.24, 2.45) is 4.99 Å². The molecule has 28 heavy (non-hydrogen) atoms. The van der Waals surface area contributed by atoms with Gasteiger partial charge in [0.1, 0.15) is 0 Å². The number of hydrogen-bond acceptors (Lipinski definition) is 5. The quantitative estimate of drug-likeness (QED) is 0.679. The molecule has 0 radical (unpaired) electrons. The maximum atomic E-state index is 13.1. The van der Waals surface area contributed by atoms with E-state index in [0.717, 1.165) is 24.8 Å². The number of unbranched alkanes of at least 4 members (excludes halogenated alkanes) is 4. The van der Waals surface area contributed by atoms with E-state index < -0.39 is 12.2 Å². The zero-order chi connectivity index (χ0) is 19.7. The molecule has 4 rings (SSSR count). The fourth-order valence-corrected chi connectivity index (χ4v) is 3.90. The number of benzene rings is 1. The molecular formula is C21H26N4O3.